The molecule has 18 heavy (non-hydrogen) atoms. The van der Waals surface area contributed by atoms with Gasteiger partial charge in [0.1, 0.15) is 0 Å². The average molecular weight is 318 g/mol. The number of ether oxygens (including phenoxy) is 1. The van der Waals surface area contributed by atoms with E-state index in [1.165, 1.54) is 32.1 Å². The molecule has 1 saturated carbocycles. The number of amides is 1. The fraction of sp³-hybridized carbons (Fsp3) is 0.929. The van der Waals surface area contributed by atoms with Crippen molar-refractivity contribution in [3.63, 3.8) is 0 Å². The average Bonchev–Trinajstić information content (AvgIpc) is 2.46. The monoisotopic (exact) mass is 317 g/mol. The molecule has 2 fully saturated rings. The molecule has 0 spiro atoms. The second-order valence-electron chi connectivity index (χ2n) is 5.43. The molecule has 1 heterocycles. The normalized spacial score (nSPS) is 25.9. The highest BCUT2D eigenvalue weighted by molar-refractivity contribution is 9.09. The maximum Gasteiger partial charge on any atom is 0.228 e. The van der Waals surface area contributed by atoms with E-state index in [1.54, 1.807) is 0 Å². The van der Waals surface area contributed by atoms with Crippen LogP contribution in [-0.2, 0) is 9.53 Å². The van der Waals surface area contributed by atoms with Crippen molar-refractivity contribution in [1.82, 2.24) is 4.90 Å². The Morgan fingerprint density at radius 3 is 2.56 bits per heavy atom. The van der Waals surface area contributed by atoms with Gasteiger partial charge in [0.25, 0.3) is 0 Å². The topological polar surface area (TPSA) is 29.5 Å². The van der Waals surface area contributed by atoms with Crippen LogP contribution in [0.25, 0.3) is 0 Å². The molecule has 0 bridgehead atoms. The molecular weight excluding hydrogens is 294 g/mol. The van der Waals surface area contributed by atoms with Crippen molar-refractivity contribution < 1.29 is 9.53 Å². The lowest BCUT2D eigenvalue weighted by Gasteiger charge is -2.37. The molecule has 0 aromatic rings. The lowest BCUT2D eigenvalue weighted by atomic mass is 9.92. The summed E-state index contributed by atoms with van der Waals surface area (Å²) >= 11 is 3.48. The van der Waals surface area contributed by atoms with E-state index in [0.29, 0.717) is 18.6 Å². The highest BCUT2D eigenvalue weighted by Crippen LogP contribution is 2.26. The summed E-state index contributed by atoms with van der Waals surface area (Å²) in [4.78, 5) is 14.7. The van der Waals surface area contributed by atoms with Gasteiger partial charge in [-0.3, -0.25) is 4.79 Å². The van der Waals surface area contributed by atoms with Crippen LogP contribution in [0.15, 0.2) is 0 Å². The van der Waals surface area contributed by atoms with Gasteiger partial charge in [-0.15, -0.1) is 0 Å². The van der Waals surface area contributed by atoms with Crippen LogP contribution in [0.2, 0.25) is 0 Å². The molecule has 3 nitrogen and oxygen atoms in total. The van der Waals surface area contributed by atoms with Crippen LogP contribution in [0, 0.1) is 5.92 Å². The predicted octanol–water partition coefficient (Wildman–Crippen LogP) is 2.97. The maximum atomic E-state index is 12.6. The van der Waals surface area contributed by atoms with Gasteiger partial charge >= 0.3 is 0 Å². The molecule has 4 heteroatoms. The van der Waals surface area contributed by atoms with Crippen molar-refractivity contribution in [2.45, 2.75) is 51.0 Å². The Morgan fingerprint density at radius 1 is 1.17 bits per heavy atom. The van der Waals surface area contributed by atoms with Crippen molar-refractivity contribution >= 4 is 21.8 Å². The summed E-state index contributed by atoms with van der Waals surface area (Å²) < 4.78 is 5.46. The van der Waals surface area contributed by atoms with Gasteiger partial charge in [-0.2, -0.15) is 0 Å². The number of carbonyl (C=O) groups is 1. The van der Waals surface area contributed by atoms with Gasteiger partial charge in [-0.25, -0.2) is 0 Å². The zero-order valence-corrected chi connectivity index (χ0v) is 12.7. The summed E-state index contributed by atoms with van der Waals surface area (Å²) in [6.45, 7) is 2.30. The van der Waals surface area contributed by atoms with Crippen molar-refractivity contribution in [3.05, 3.63) is 0 Å². The van der Waals surface area contributed by atoms with E-state index >= 15 is 0 Å². The van der Waals surface area contributed by atoms with Gasteiger partial charge in [-0.1, -0.05) is 35.2 Å². The SMILES string of the molecule is O=C(C1CCCOC1)N(CCBr)C1CCCCC1. The molecule has 1 saturated heterocycles. The van der Waals surface area contributed by atoms with E-state index in [1.807, 2.05) is 0 Å². The quantitative estimate of drug-likeness (QED) is 0.746. The zero-order chi connectivity index (χ0) is 12.8. The van der Waals surface area contributed by atoms with Crippen LogP contribution in [-0.4, -0.2) is 41.9 Å². The Labute approximate surface area is 118 Å². The van der Waals surface area contributed by atoms with Gasteiger partial charge in [0, 0.05) is 24.5 Å². The molecule has 2 rings (SSSR count). The Morgan fingerprint density at radius 2 is 1.94 bits per heavy atom. The summed E-state index contributed by atoms with van der Waals surface area (Å²) in [5.41, 5.74) is 0. The third-order valence-electron chi connectivity index (χ3n) is 4.13. The van der Waals surface area contributed by atoms with E-state index in [9.17, 15) is 4.79 Å². The second-order valence-corrected chi connectivity index (χ2v) is 6.22. The minimum absolute atomic E-state index is 0.111. The van der Waals surface area contributed by atoms with E-state index in [-0.39, 0.29) is 5.92 Å². The first-order valence-electron chi connectivity index (χ1n) is 7.27. The van der Waals surface area contributed by atoms with E-state index in [2.05, 4.69) is 20.8 Å². The highest BCUT2D eigenvalue weighted by atomic mass is 79.9. The third-order valence-corrected chi connectivity index (χ3v) is 4.49. The van der Waals surface area contributed by atoms with Crippen LogP contribution in [0.5, 0.6) is 0 Å². The van der Waals surface area contributed by atoms with Crippen LogP contribution >= 0.6 is 15.9 Å². The number of hydrogen-bond acceptors (Lipinski definition) is 2. The second kappa shape index (κ2) is 7.49. The van der Waals surface area contributed by atoms with Crippen molar-refractivity contribution in [1.29, 1.82) is 0 Å². The van der Waals surface area contributed by atoms with E-state index < -0.39 is 0 Å². The van der Waals surface area contributed by atoms with Crippen LogP contribution < -0.4 is 0 Å². The summed E-state index contributed by atoms with van der Waals surface area (Å²) in [5, 5.41) is 0.878. The Bertz CT molecular complexity index is 261. The van der Waals surface area contributed by atoms with E-state index in [4.69, 9.17) is 4.74 Å². The maximum absolute atomic E-state index is 12.6. The summed E-state index contributed by atoms with van der Waals surface area (Å²) in [6, 6.07) is 0.478. The van der Waals surface area contributed by atoms with Gasteiger partial charge in [0.05, 0.1) is 12.5 Å². The number of halogens is 1. The van der Waals surface area contributed by atoms with Crippen molar-refractivity contribution in [2.75, 3.05) is 25.1 Å². The predicted molar refractivity (Wildman–Crippen MR) is 75.9 cm³/mol. The molecule has 1 amide bonds. The minimum atomic E-state index is 0.111. The first kappa shape index (κ1) is 14.3. The summed E-state index contributed by atoms with van der Waals surface area (Å²) in [7, 11) is 0. The molecule has 104 valence electrons. The lowest BCUT2D eigenvalue weighted by molar-refractivity contribution is -0.142. The molecule has 1 unspecified atom stereocenters. The smallest absolute Gasteiger partial charge is 0.228 e. The molecule has 0 aromatic heterocycles. The first-order valence-corrected chi connectivity index (χ1v) is 8.39. The standard InChI is InChI=1S/C14H24BrNO2/c15-8-9-16(13-6-2-1-3-7-13)14(17)12-5-4-10-18-11-12/h12-13H,1-11H2. The van der Waals surface area contributed by atoms with Gasteiger partial charge in [0.15, 0.2) is 0 Å². The fourth-order valence-corrected chi connectivity index (χ4v) is 3.51. The molecule has 1 atom stereocenters. The summed E-state index contributed by atoms with van der Waals surface area (Å²) in [6.07, 6.45) is 8.29. The molecule has 0 N–H and O–H groups in total. The lowest BCUT2D eigenvalue weighted by Crippen LogP contribution is -2.47. The Kier molecular flexibility index (Phi) is 5.96. The van der Waals surface area contributed by atoms with Gasteiger partial charge in [0.2, 0.25) is 5.91 Å². The van der Waals surface area contributed by atoms with Gasteiger partial charge in [-0.05, 0) is 25.7 Å². The van der Waals surface area contributed by atoms with Crippen molar-refractivity contribution in [2.24, 2.45) is 5.92 Å². The molecule has 1 aliphatic heterocycles. The van der Waals surface area contributed by atoms with Crippen LogP contribution in [0.3, 0.4) is 0 Å². The number of carbonyl (C=O) groups excluding carboxylic acids is 1. The fourth-order valence-electron chi connectivity index (χ4n) is 3.13. The Hall–Kier alpha value is -0.0900. The van der Waals surface area contributed by atoms with Crippen molar-refractivity contribution in [3.8, 4) is 0 Å². The number of rotatable bonds is 4. The largest absolute Gasteiger partial charge is 0.381 e. The van der Waals surface area contributed by atoms with Crippen LogP contribution in [0.4, 0.5) is 0 Å². The first-order chi connectivity index (χ1) is 8.83. The number of hydrogen-bond donors (Lipinski definition) is 0. The molecule has 1 aliphatic carbocycles. The Balaban J connectivity index is 1.96. The molecule has 0 radical (unpaired) electrons. The molecule has 2 aliphatic rings. The molecular formula is C14H24BrNO2. The van der Waals surface area contributed by atoms with Crippen LogP contribution in [0.1, 0.15) is 44.9 Å². The minimum Gasteiger partial charge on any atom is -0.381 e. The zero-order valence-electron chi connectivity index (χ0n) is 11.1. The summed E-state index contributed by atoms with van der Waals surface area (Å²) in [5.74, 6) is 0.445. The number of alkyl halides is 1. The molecule has 0 aromatic carbocycles. The number of nitrogens with zero attached hydrogens (tertiary/aromatic N) is 1. The highest BCUT2D eigenvalue weighted by Gasteiger charge is 2.31. The van der Waals surface area contributed by atoms with Gasteiger partial charge < -0.3 is 9.64 Å². The third kappa shape index (κ3) is 3.70. The van der Waals surface area contributed by atoms with E-state index in [0.717, 1.165) is 31.3 Å².